The molecular weight excluding hydrogens is 455 g/mol. The van der Waals surface area contributed by atoms with Gasteiger partial charge in [0, 0.05) is 34.4 Å². The highest BCUT2D eigenvalue weighted by atomic mass is 35.5. The molecule has 1 heterocycles. The molecule has 1 N–H and O–H groups in total. The molecule has 0 bridgehead atoms. The van der Waals surface area contributed by atoms with Crippen LogP contribution in [0.4, 0.5) is 4.39 Å². The Hall–Kier alpha value is -2.65. The van der Waals surface area contributed by atoms with E-state index >= 15 is 0 Å². The third kappa shape index (κ3) is 8.21. The molecule has 2 nitrogen and oxygen atoms in total. The number of halogens is 2. The smallest absolute Gasteiger partial charge is 0.143 e. The summed E-state index contributed by atoms with van der Waals surface area (Å²) in [4.78, 5) is 7.71. The van der Waals surface area contributed by atoms with Gasteiger partial charge in [-0.15, -0.1) is 0 Å². The Morgan fingerprint density at radius 2 is 1.83 bits per heavy atom. The Balaban J connectivity index is 0.000000334. The van der Waals surface area contributed by atoms with Crippen LogP contribution in [0.15, 0.2) is 64.8 Å². The maximum atomic E-state index is 13.9. The topological polar surface area (TPSA) is 28.1 Å². The van der Waals surface area contributed by atoms with Crippen LogP contribution in [0.5, 0.6) is 0 Å². The Morgan fingerprint density at radius 3 is 2.43 bits per heavy atom. The quantitative estimate of drug-likeness (QED) is 0.301. The van der Waals surface area contributed by atoms with Gasteiger partial charge in [-0.05, 0) is 75.8 Å². The molecule has 1 aromatic heterocycles. The SMILES string of the molecule is CCCCc1c(C(C)c2ccc(C)cc2)[nH]c2cc(F)c(Cl)cc12.C\C=C(C)/C=N/C(C)=C/CC. The highest BCUT2D eigenvalue weighted by Crippen LogP contribution is 2.35. The summed E-state index contributed by atoms with van der Waals surface area (Å²) in [5, 5.41) is 1.23. The number of allylic oxidation sites excluding steroid dienone is 4. The molecular formula is C31H40ClFN2. The average molecular weight is 495 g/mol. The number of hydrogen-bond acceptors (Lipinski definition) is 1. The second-order valence-electron chi connectivity index (χ2n) is 9.11. The van der Waals surface area contributed by atoms with Gasteiger partial charge in [-0.2, -0.15) is 0 Å². The first-order valence-corrected chi connectivity index (χ1v) is 13.0. The van der Waals surface area contributed by atoms with Crippen LogP contribution in [0.1, 0.15) is 89.1 Å². The molecule has 188 valence electrons. The van der Waals surface area contributed by atoms with Crippen molar-refractivity contribution < 1.29 is 4.39 Å². The van der Waals surface area contributed by atoms with Gasteiger partial charge in [0.1, 0.15) is 5.82 Å². The van der Waals surface area contributed by atoms with Crippen molar-refractivity contribution in [1.82, 2.24) is 4.98 Å². The molecule has 0 aliphatic rings. The fourth-order valence-electron chi connectivity index (χ4n) is 3.91. The average Bonchev–Trinajstić information content (AvgIpc) is 3.19. The van der Waals surface area contributed by atoms with E-state index in [1.807, 2.05) is 33.1 Å². The Labute approximate surface area is 216 Å². The molecule has 2 aromatic carbocycles. The molecule has 4 heteroatoms. The Morgan fingerprint density at radius 1 is 1.14 bits per heavy atom. The maximum absolute atomic E-state index is 13.9. The first kappa shape index (κ1) is 28.6. The lowest BCUT2D eigenvalue weighted by atomic mass is 9.92. The number of aromatic amines is 1. The monoisotopic (exact) mass is 494 g/mol. The number of H-pyrrole nitrogens is 1. The summed E-state index contributed by atoms with van der Waals surface area (Å²) in [7, 11) is 0. The van der Waals surface area contributed by atoms with Crippen LogP contribution in [0.3, 0.4) is 0 Å². The van der Waals surface area contributed by atoms with Crippen LogP contribution in [-0.4, -0.2) is 11.2 Å². The van der Waals surface area contributed by atoms with Crippen LogP contribution in [0.2, 0.25) is 5.02 Å². The number of unbranched alkanes of at least 4 members (excludes halogenated alkanes) is 1. The summed E-state index contributed by atoms with van der Waals surface area (Å²) >= 11 is 6.03. The zero-order valence-corrected chi connectivity index (χ0v) is 23.1. The number of aliphatic imine (C=N–C) groups is 1. The fourth-order valence-corrected chi connectivity index (χ4v) is 4.07. The van der Waals surface area contributed by atoms with Gasteiger partial charge in [-0.3, -0.25) is 4.99 Å². The molecule has 3 aromatic rings. The standard InChI is InChI=1S/C21H23ClFN.C10H17N/c1-4-5-6-16-17-11-18(22)19(23)12-20(17)24-21(16)14(3)15-9-7-13(2)8-10-15;1-5-7-10(4)11-8-9(3)6-2/h7-12,14,24H,4-6H2,1-3H3;6-8H,5H2,1-4H3/b;9-6-,10-7+,11-8+. The van der Waals surface area contributed by atoms with Gasteiger partial charge in [0.25, 0.3) is 0 Å². The van der Waals surface area contributed by atoms with E-state index in [-0.39, 0.29) is 16.8 Å². The van der Waals surface area contributed by atoms with Gasteiger partial charge in [0.2, 0.25) is 0 Å². The normalized spacial score (nSPS) is 13.3. The summed E-state index contributed by atoms with van der Waals surface area (Å²) in [6, 6.07) is 11.9. The maximum Gasteiger partial charge on any atom is 0.143 e. The van der Waals surface area contributed by atoms with E-state index in [4.69, 9.17) is 11.6 Å². The summed E-state index contributed by atoms with van der Waals surface area (Å²) < 4.78 is 13.9. The van der Waals surface area contributed by atoms with E-state index in [0.717, 1.165) is 42.3 Å². The fraction of sp³-hybridized carbons (Fsp3) is 0.387. The van der Waals surface area contributed by atoms with Crippen LogP contribution in [-0.2, 0) is 6.42 Å². The van der Waals surface area contributed by atoms with E-state index in [1.54, 1.807) is 6.07 Å². The van der Waals surface area contributed by atoms with Gasteiger partial charge in [-0.25, -0.2) is 4.39 Å². The largest absolute Gasteiger partial charge is 0.358 e. The van der Waals surface area contributed by atoms with Crippen LogP contribution in [0, 0.1) is 12.7 Å². The highest BCUT2D eigenvalue weighted by Gasteiger charge is 2.19. The lowest BCUT2D eigenvalue weighted by Crippen LogP contribution is -2.01. The second-order valence-corrected chi connectivity index (χ2v) is 9.52. The molecule has 35 heavy (non-hydrogen) atoms. The molecule has 0 saturated carbocycles. The summed E-state index contributed by atoms with van der Waals surface area (Å²) in [5.74, 6) is -0.145. The third-order valence-corrected chi connectivity index (χ3v) is 6.49. The Kier molecular flexibility index (Phi) is 11.5. The minimum Gasteiger partial charge on any atom is -0.358 e. The molecule has 0 saturated heterocycles. The molecule has 0 amide bonds. The first-order valence-electron chi connectivity index (χ1n) is 12.6. The molecule has 1 atom stereocenters. The molecule has 3 rings (SSSR count). The minimum absolute atomic E-state index is 0.189. The number of benzene rings is 2. The minimum atomic E-state index is -0.373. The third-order valence-electron chi connectivity index (χ3n) is 6.20. The number of fused-ring (bicyclic) bond motifs is 1. The van der Waals surface area contributed by atoms with Gasteiger partial charge >= 0.3 is 0 Å². The molecule has 0 aliphatic carbocycles. The van der Waals surface area contributed by atoms with E-state index in [9.17, 15) is 4.39 Å². The van der Waals surface area contributed by atoms with Crippen LogP contribution >= 0.6 is 11.6 Å². The second kappa shape index (κ2) is 14.0. The first-order chi connectivity index (χ1) is 16.7. The number of nitrogens with zero attached hydrogens (tertiary/aromatic N) is 1. The van der Waals surface area contributed by atoms with Gasteiger partial charge in [0.15, 0.2) is 0 Å². The van der Waals surface area contributed by atoms with Gasteiger partial charge < -0.3 is 4.98 Å². The number of hydrogen-bond donors (Lipinski definition) is 1. The summed E-state index contributed by atoms with van der Waals surface area (Å²) in [6.45, 7) is 14.7. The number of aryl methyl sites for hydroxylation is 2. The summed E-state index contributed by atoms with van der Waals surface area (Å²) in [6.07, 6.45) is 10.3. The zero-order chi connectivity index (χ0) is 26.0. The van der Waals surface area contributed by atoms with Crippen molar-refractivity contribution in [1.29, 1.82) is 0 Å². The zero-order valence-electron chi connectivity index (χ0n) is 22.3. The van der Waals surface area contributed by atoms with Gasteiger partial charge in [-0.1, -0.05) is 80.8 Å². The van der Waals surface area contributed by atoms with Crippen molar-refractivity contribution in [3.63, 3.8) is 0 Å². The van der Waals surface area contributed by atoms with Gasteiger partial charge in [0.05, 0.1) is 5.02 Å². The lowest BCUT2D eigenvalue weighted by molar-refractivity contribution is 0.630. The Bertz CT molecular complexity index is 1180. The highest BCUT2D eigenvalue weighted by molar-refractivity contribution is 6.31. The predicted molar refractivity (Wildman–Crippen MR) is 153 cm³/mol. The molecule has 0 aliphatic heterocycles. The van der Waals surface area contributed by atoms with E-state index in [0.29, 0.717) is 0 Å². The van der Waals surface area contributed by atoms with E-state index in [1.165, 1.54) is 34.0 Å². The number of rotatable bonds is 8. The van der Waals surface area contributed by atoms with Crippen LogP contribution in [0.25, 0.3) is 10.9 Å². The van der Waals surface area contributed by atoms with Crippen molar-refractivity contribution in [2.45, 2.75) is 80.1 Å². The van der Waals surface area contributed by atoms with Crippen molar-refractivity contribution in [2.75, 3.05) is 0 Å². The van der Waals surface area contributed by atoms with E-state index < -0.39 is 0 Å². The number of aromatic nitrogens is 1. The van der Waals surface area contributed by atoms with Crippen molar-refractivity contribution in [3.8, 4) is 0 Å². The van der Waals surface area contributed by atoms with Crippen LogP contribution < -0.4 is 0 Å². The molecule has 0 fully saturated rings. The molecule has 0 spiro atoms. The predicted octanol–water partition coefficient (Wildman–Crippen LogP) is 10.1. The summed E-state index contributed by atoms with van der Waals surface area (Å²) in [5.41, 5.74) is 8.07. The molecule has 0 radical (unpaired) electrons. The number of nitrogens with one attached hydrogen (secondary N) is 1. The van der Waals surface area contributed by atoms with Crippen molar-refractivity contribution in [2.24, 2.45) is 4.99 Å². The molecule has 1 unspecified atom stereocenters. The van der Waals surface area contributed by atoms with E-state index in [2.05, 4.69) is 68.0 Å². The lowest BCUT2D eigenvalue weighted by Gasteiger charge is -2.14. The van der Waals surface area contributed by atoms with Crippen molar-refractivity contribution >= 4 is 28.7 Å². The van der Waals surface area contributed by atoms with Crippen molar-refractivity contribution in [3.05, 3.63) is 93.0 Å².